The van der Waals surface area contributed by atoms with Crippen molar-refractivity contribution in [3.63, 3.8) is 0 Å². The number of carbonyl (C=O) groups excluding carboxylic acids is 1. The van der Waals surface area contributed by atoms with Gasteiger partial charge in [-0.2, -0.15) is 0 Å². The SMILES string of the molecule is CN1CCN(c2c(F)cccc2-c2ccc(C=O)o2)CC1. The quantitative estimate of drug-likeness (QED) is 0.814. The van der Waals surface area contributed by atoms with E-state index < -0.39 is 0 Å². The molecule has 0 saturated carbocycles. The first kappa shape index (κ1) is 13.8. The average molecular weight is 288 g/mol. The van der Waals surface area contributed by atoms with Crippen molar-refractivity contribution >= 4 is 12.0 Å². The molecule has 1 aromatic heterocycles. The van der Waals surface area contributed by atoms with Gasteiger partial charge in [0.25, 0.3) is 0 Å². The highest BCUT2D eigenvalue weighted by Gasteiger charge is 2.22. The van der Waals surface area contributed by atoms with E-state index in [1.165, 1.54) is 6.07 Å². The summed E-state index contributed by atoms with van der Waals surface area (Å²) < 4.78 is 19.8. The monoisotopic (exact) mass is 288 g/mol. The van der Waals surface area contributed by atoms with Gasteiger partial charge in [-0.25, -0.2) is 4.39 Å². The molecule has 21 heavy (non-hydrogen) atoms. The highest BCUT2D eigenvalue weighted by Crippen LogP contribution is 2.34. The van der Waals surface area contributed by atoms with Gasteiger partial charge in [-0.15, -0.1) is 0 Å². The number of piperazine rings is 1. The molecule has 1 aliphatic rings. The summed E-state index contributed by atoms with van der Waals surface area (Å²) in [5.74, 6) is 0.505. The molecule has 5 heteroatoms. The lowest BCUT2D eigenvalue weighted by atomic mass is 10.1. The highest BCUT2D eigenvalue weighted by molar-refractivity contribution is 5.79. The Balaban J connectivity index is 2.01. The Bertz CT molecular complexity index is 645. The second-order valence-electron chi connectivity index (χ2n) is 5.25. The second-order valence-corrected chi connectivity index (χ2v) is 5.25. The van der Waals surface area contributed by atoms with Crippen LogP contribution in [-0.2, 0) is 0 Å². The fourth-order valence-corrected chi connectivity index (χ4v) is 2.63. The van der Waals surface area contributed by atoms with Crippen LogP contribution in [0.2, 0.25) is 0 Å². The molecule has 110 valence electrons. The summed E-state index contributed by atoms with van der Waals surface area (Å²) in [5, 5.41) is 0. The zero-order chi connectivity index (χ0) is 14.8. The third kappa shape index (κ3) is 2.69. The number of halogens is 1. The molecule has 0 spiro atoms. The van der Waals surface area contributed by atoms with Gasteiger partial charge in [-0.05, 0) is 31.3 Å². The van der Waals surface area contributed by atoms with Crippen LogP contribution in [0.1, 0.15) is 10.6 Å². The molecular formula is C16H17FN2O2. The number of carbonyl (C=O) groups is 1. The van der Waals surface area contributed by atoms with Crippen LogP contribution < -0.4 is 4.90 Å². The van der Waals surface area contributed by atoms with E-state index in [1.807, 2.05) is 11.0 Å². The minimum absolute atomic E-state index is 0.249. The van der Waals surface area contributed by atoms with Crippen molar-refractivity contribution in [1.29, 1.82) is 0 Å². The molecule has 1 aromatic carbocycles. The van der Waals surface area contributed by atoms with E-state index in [1.54, 1.807) is 18.2 Å². The fourth-order valence-electron chi connectivity index (χ4n) is 2.63. The van der Waals surface area contributed by atoms with Crippen LogP contribution in [0.25, 0.3) is 11.3 Å². The molecule has 0 radical (unpaired) electrons. The number of para-hydroxylation sites is 1. The first-order valence-electron chi connectivity index (χ1n) is 6.96. The molecule has 0 bridgehead atoms. The van der Waals surface area contributed by atoms with Crippen molar-refractivity contribution in [3.05, 3.63) is 41.9 Å². The molecule has 0 N–H and O–H groups in total. The number of nitrogens with zero attached hydrogens (tertiary/aromatic N) is 2. The van der Waals surface area contributed by atoms with Crippen molar-refractivity contribution in [3.8, 4) is 11.3 Å². The molecular weight excluding hydrogens is 271 g/mol. The van der Waals surface area contributed by atoms with Crippen LogP contribution >= 0.6 is 0 Å². The van der Waals surface area contributed by atoms with Crippen molar-refractivity contribution in [2.24, 2.45) is 0 Å². The zero-order valence-corrected chi connectivity index (χ0v) is 11.9. The van der Waals surface area contributed by atoms with E-state index in [4.69, 9.17) is 4.42 Å². The number of benzene rings is 1. The van der Waals surface area contributed by atoms with Crippen molar-refractivity contribution < 1.29 is 13.6 Å². The van der Waals surface area contributed by atoms with Gasteiger partial charge in [0.1, 0.15) is 11.6 Å². The summed E-state index contributed by atoms with van der Waals surface area (Å²) in [6, 6.07) is 8.25. The van der Waals surface area contributed by atoms with Crippen LogP contribution in [-0.4, -0.2) is 44.4 Å². The van der Waals surface area contributed by atoms with Gasteiger partial charge in [-0.1, -0.05) is 6.07 Å². The molecule has 2 aromatic rings. The number of rotatable bonds is 3. The molecule has 4 nitrogen and oxygen atoms in total. The average Bonchev–Trinajstić information content (AvgIpc) is 2.97. The van der Waals surface area contributed by atoms with Crippen molar-refractivity contribution in [2.45, 2.75) is 0 Å². The largest absolute Gasteiger partial charge is 0.453 e. The molecule has 1 aliphatic heterocycles. The Morgan fingerprint density at radius 3 is 2.57 bits per heavy atom. The summed E-state index contributed by atoms with van der Waals surface area (Å²) in [6.45, 7) is 3.33. The van der Waals surface area contributed by atoms with Crippen molar-refractivity contribution in [1.82, 2.24) is 4.90 Å². The predicted molar refractivity (Wildman–Crippen MR) is 79.2 cm³/mol. The van der Waals surface area contributed by atoms with Gasteiger partial charge in [0.15, 0.2) is 12.0 Å². The van der Waals surface area contributed by atoms with Gasteiger partial charge >= 0.3 is 0 Å². The van der Waals surface area contributed by atoms with E-state index in [0.717, 1.165) is 26.2 Å². The Kier molecular flexibility index (Phi) is 3.75. The van der Waals surface area contributed by atoms with Gasteiger partial charge in [0.05, 0.1) is 5.69 Å². The first-order valence-corrected chi connectivity index (χ1v) is 6.96. The molecule has 3 rings (SSSR count). The maximum Gasteiger partial charge on any atom is 0.185 e. The highest BCUT2D eigenvalue weighted by atomic mass is 19.1. The lowest BCUT2D eigenvalue weighted by molar-refractivity contribution is 0.110. The molecule has 1 fully saturated rings. The van der Waals surface area contributed by atoms with E-state index in [0.29, 0.717) is 23.3 Å². The van der Waals surface area contributed by atoms with Crippen LogP contribution in [0.5, 0.6) is 0 Å². The predicted octanol–water partition coefficient (Wildman–Crippen LogP) is 2.65. The lowest BCUT2D eigenvalue weighted by Gasteiger charge is -2.35. The summed E-state index contributed by atoms with van der Waals surface area (Å²) in [7, 11) is 2.06. The van der Waals surface area contributed by atoms with Crippen LogP contribution in [0, 0.1) is 5.82 Å². The van der Waals surface area contributed by atoms with Gasteiger partial charge in [-0.3, -0.25) is 4.79 Å². The molecule has 2 heterocycles. The Morgan fingerprint density at radius 1 is 1.14 bits per heavy atom. The maximum absolute atomic E-state index is 14.3. The van der Waals surface area contributed by atoms with E-state index >= 15 is 0 Å². The number of likely N-dealkylation sites (N-methyl/N-ethyl adjacent to an activating group) is 1. The summed E-state index contributed by atoms with van der Waals surface area (Å²) in [4.78, 5) is 15.0. The topological polar surface area (TPSA) is 36.7 Å². The normalized spacial score (nSPS) is 16.2. The Labute approximate surface area is 122 Å². The van der Waals surface area contributed by atoms with Gasteiger partial charge in [0, 0.05) is 31.7 Å². The minimum Gasteiger partial charge on any atom is -0.453 e. The number of hydrogen-bond acceptors (Lipinski definition) is 4. The third-order valence-electron chi connectivity index (χ3n) is 3.81. The Morgan fingerprint density at radius 2 is 1.90 bits per heavy atom. The summed E-state index contributed by atoms with van der Waals surface area (Å²) in [6.07, 6.45) is 0.651. The smallest absolute Gasteiger partial charge is 0.185 e. The molecule has 0 amide bonds. The second kappa shape index (κ2) is 5.69. The number of aldehydes is 1. The van der Waals surface area contributed by atoms with Gasteiger partial charge < -0.3 is 14.2 Å². The standard InChI is InChI=1S/C16H17FN2O2/c1-18-7-9-19(10-8-18)16-13(3-2-4-14(16)17)15-6-5-12(11-20)21-15/h2-6,11H,7-10H2,1H3. The summed E-state index contributed by atoms with van der Waals surface area (Å²) in [5.41, 5.74) is 1.24. The minimum atomic E-state index is -0.263. The fraction of sp³-hybridized carbons (Fsp3) is 0.312. The maximum atomic E-state index is 14.3. The van der Waals surface area contributed by atoms with Crippen molar-refractivity contribution in [2.75, 3.05) is 38.1 Å². The van der Waals surface area contributed by atoms with E-state index in [9.17, 15) is 9.18 Å². The van der Waals surface area contributed by atoms with E-state index in [-0.39, 0.29) is 11.6 Å². The lowest BCUT2D eigenvalue weighted by Crippen LogP contribution is -2.45. The number of hydrogen-bond donors (Lipinski definition) is 0. The van der Waals surface area contributed by atoms with Gasteiger partial charge in [0.2, 0.25) is 0 Å². The molecule has 0 atom stereocenters. The van der Waals surface area contributed by atoms with E-state index in [2.05, 4.69) is 11.9 Å². The molecule has 1 saturated heterocycles. The zero-order valence-electron chi connectivity index (χ0n) is 11.9. The Hall–Kier alpha value is -2.14. The molecule has 0 unspecified atom stereocenters. The number of anilines is 1. The van der Waals surface area contributed by atoms with Crippen LogP contribution in [0.4, 0.5) is 10.1 Å². The number of furan rings is 1. The summed E-state index contributed by atoms with van der Waals surface area (Å²) >= 11 is 0. The van der Waals surface area contributed by atoms with Crippen LogP contribution in [0.15, 0.2) is 34.7 Å². The third-order valence-corrected chi connectivity index (χ3v) is 3.81. The first-order chi connectivity index (χ1) is 10.2. The van der Waals surface area contributed by atoms with Crippen LogP contribution in [0.3, 0.4) is 0 Å². The molecule has 0 aliphatic carbocycles.